The second-order valence-electron chi connectivity index (χ2n) is 5.12. The van der Waals surface area contributed by atoms with Crippen LogP contribution in [0.25, 0.3) is 10.8 Å². The van der Waals surface area contributed by atoms with Crippen LogP contribution in [-0.2, 0) is 13.2 Å². The van der Waals surface area contributed by atoms with Crippen LogP contribution in [0.15, 0.2) is 48.5 Å². The number of rotatable bonds is 5. The summed E-state index contributed by atoms with van der Waals surface area (Å²) in [6.45, 7) is 3.70. The van der Waals surface area contributed by atoms with Crippen LogP contribution in [0.5, 0.6) is 5.75 Å². The maximum absolute atomic E-state index is 5.96. The number of aryl methyl sites for hydroxylation is 1. The van der Waals surface area contributed by atoms with Crippen molar-refractivity contribution < 1.29 is 4.74 Å². The van der Waals surface area contributed by atoms with E-state index < -0.39 is 0 Å². The Kier molecular flexibility index (Phi) is 4.23. The molecule has 1 aromatic heterocycles. The van der Waals surface area contributed by atoms with E-state index in [1.807, 2.05) is 24.5 Å². The maximum Gasteiger partial charge on any atom is 0.120 e. The molecular weight excluding hydrogens is 278 g/mol. The van der Waals surface area contributed by atoms with Gasteiger partial charge in [-0.05, 0) is 42.9 Å². The lowest BCUT2D eigenvalue weighted by Gasteiger charge is -2.07. The SMILES string of the molecule is CNCc1cc(COc2ccc3ccccc3c2)c(C)s1. The lowest BCUT2D eigenvalue weighted by atomic mass is 10.1. The van der Waals surface area contributed by atoms with Gasteiger partial charge in [0.15, 0.2) is 0 Å². The molecule has 2 aromatic carbocycles. The van der Waals surface area contributed by atoms with Crippen LogP contribution in [0.2, 0.25) is 0 Å². The second kappa shape index (κ2) is 6.29. The first kappa shape index (κ1) is 14.1. The zero-order chi connectivity index (χ0) is 14.7. The van der Waals surface area contributed by atoms with E-state index >= 15 is 0 Å². The minimum atomic E-state index is 0.629. The molecule has 0 aliphatic heterocycles. The molecule has 0 radical (unpaired) electrons. The Hall–Kier alpha value is -1.84. The highest BCUT2D eigenvalue weighted by Crippen LogP contribution is 2.25. The maximum atomic E-state index is 5.96. The molecule has 3 heteroatoms. The molecule has 2 nitrogen and oxygen atoms in total. The molecule has 1 heterocycles. The van der Waals surface area contributed by atoms with Gasteiger partial charge in [-0.15, -0.1) is 11.3 Å². The Balaban J connectivity index is 1.73. The third kappa shape index (κ3) is 3.26. The molecule has 1 N–H and O–H groups in total. The first-order valence-corrected chi connectivity index (χ1v) is 7.92. The van der Waals surface area contributed by atoms with Crippen LogP contribution in [0.1, 0.15) is 15.3 Å². The zero-order valence-electron chi connectivity index (χ0n) is 12.3. The summed E-state index contributed by atoms with van der Waals surface area (Å²) in [6.07, 6.45) is 0. The largest absolute Gasteiger partial charge is 0.489 e. The number of hydrogen-bond donors (Lipinski definition) is 1. The highest BCUT2D eigenvalue weighted by atomic mass is 32.1. The van der Waals surface area contributed by atoms with Gasteiger partial charge in [-0.1, -0.05) is 30.3 Å². The molecule has 0 unspecified atom stereocenters. The van der Waals surface area contributed by atoms with Crippen molar-refractivity contribution in [3.8, 4) is 5.75 Å². The minimum Gasteiger partial charge on any atom is -0.489 e. The van der Waals surface area contributed by atoms with Crippen molar-refractivity contribution in [2.45, 2.75) is 20.1 Å². The average molecular weight is 297 g/mol. The smallest absolute Gasteiger partial charge is 0.120 e. The molecule has 0 spiro atoms. The summed E-state index contributed by atoms with van der Waals surface area (Å²) < 4.78 is 5.96. The Morgan fingerprint density at radius 1 is 1.05 bits per heavy atom. The molecule has 0 aliphatic carbocycles. The fraction of sp³-hybridized carbons (Fsp3) is 0.222. The molecule has 0 amide bonds. The van der Waals surface area contributed by atoms with Gasteiger partial charge < -0.3 is 10.1 Å². The lowest BCUT2D eigenvalue weighted by Crippen LogP contribution is -2.02. The molecule has 3 rings (SSSR count). The third-order valence-electron chi connectivity index (χ3n) is 3.54. The van der Waals surface area contributed by atoms with Crippen molar-refractivity contribution in [3.63, 3.8) is 0 Å². The van der Waals surface area contributed by atoms with E-state index in [-0.39, 0.29) is 0 Å². The molecule has 0 aliphatic rings. The van der Waals surface area contributed by atoms with Gasteiger partial charge in [0.25, 0.3) is 0 Å². The lowest BCUT2D eigenvalue weighted by molar-refractivity contribution is 0.306. The number of thiophene rings is 1. The first-order valence-electron chi connectivity index (χ1n) is 7.10. The van der Waals surface area contributed by atoms with Gasteiger partial charge in [-0.3, -0.25) is 0 Å². The molecule has 21 heavy (non-hydrogen) atoms. The number of ether oxygens (including phenoxy) is 1. The fourth-order valence-electron chi connectivity index (χ4n) is 2.41. The van der Waals surface area contributed by atoms with Crippen molar-refractivity contribution in [1.29, 1.82) is 0 Å². The van der Waals surface area contributed by atoms with Crippen LogP contribution in [0, 0.1) is 6.92 Å². The van der Waals surface area contributed by atoms with Gasteiger partial charge in [-0.2, -0.15) is 0 Å². The molecule has 0 fully saturated rings. The van der Waals surface area contributed by atoms with Crippen molar-refractivity contribution in [3.05, 3.63) is 63.8 Å². The van der Waals surface area contributed by atoms with Crippen LogP contribution < -0.4 is 10.1 Å². The van der Waals surface area contributed by atoms with Gasteiger partial charge in [0, 0.05) is 21.9 Å². The van der Waals surface area contributed by atoms with Crippen LogP contribution >= 0.6 is 11.3 Å². The summed E-state index contributed by atoms with van der Waals surface area (Å²) >= 11 is 1.83. The summed E-state index contributed by atoms with van der Waals surface area (Å²) in [5, 5.41) is 5.65. The van der Waals surface area contributed by atoms with E-state index in [4.69, 9.17) is 4.74 Å². The minimum absolute atomic E-state index is 0.629. The van der Waals surface area contributed by atoms with E-state index in [1.54, 1.807) is 0 Å². The summed E-state index contributed by atoms with van der Waals surface area (Å²) in [6, 6.07) is 16.8. The van der Waals surface area contributed by atoms with Gasteiger partial charge >= 0.3 is 0 Å². The number of hydrogen-bond acceptors (Lipinski definition) is 3. The normalized spacial score (nSPS) is 11.0. The molecule has 0 saturated carbocycles. The zero-order valence-corrected chi connectivity index (χ0v) is 13.2. The molecule has 0 atom stereocenters. The predicted octanol–water partition coefficient (Wildman–Crippen LogP) is 4.51. The quantitative estimate of drug-likeness (QED) is 0.748. The molecule has 0 saturated heterocycles. The van der Waals surface area contributed by atoms with Crippen LogP contribution in [-0.4, -0.2) is 7.05 Å². The molecule has 3 aromatic rings. The standard InChI is InChI=1S/C18H19NOS/c1-13-16(10-18(21-13)11-19-2)12-20-17-8-7-14-5-3-4-6-15(14)9-17/h3-10,19H,11-12H2,1-2H3. The van der Waals surface area contributed by atoms with E-state index in [1.165, 1.54) is 26.1 Å². The third-order valence-corrected chi connectivity index (χ3v) is 4.63. The highest BCUT2D eigenvalue weighted by Gasteiger charge is 2.06. The van der Waals surface area contributed by atoms with Crippen molar-refractivity contribution in [1.82, 2.24) is 5.32 Å². The Labute approximate surface area is 129 Å². The van der Waals surface area contributed by atoms with E-state index in [0.29, 0.717) is 6.61 Å². The Bertz CT molecular complexity index is 748. The number of fused-ring (bicyclic) bond motifs is 1. The summed E-state index contributed by atoms with van der Waals surface area (Å²) in [4.78, 5) is 2.69. The van der Waals surface area contributed by atoms with Crippen LogP contribution in [0.4, 0.5) is 0 Å². The average Bonchev–Trinajstić information content (AvgIpc) is 2.85. The van der Waals surface area contributed by atoms with Gasteiger partial charge in [-0.25, -0.2) is 0 Å². The summed E-state index contributed by atoms with van der Waals surface area (Å²) in [5.74, 6) is 0.925. The van der Waals surface area contributed by atoms with Gasteiger partial charge in [0.05, 0.1) is 0 Å². The Morgan fingerprint density at radius 2 is 1.86 bits per heavy atom. The van der Waals surface area contributed by atoms with Crippen molar-refractivity contribution in [2.75, 3.05) is 7.05 Å². The topological polar surface area (TPSA) is 21.3 Å². The molecular formula is C18H19NOS. The summed E-state index contributed by atoms with van der Waals surface area (Å²) in [5.41, 5.74) is 1.28. The predicted molar refractivity (Wildman–Crippen MR) is 90.1 cm³/mol. The van der Waals surface area contributed by atoms with Crippen molar-refractivity contribution >= 4 is 22.1 Å². The fourth-order valence-corrected chi connectivity index (χ4v) is 3.47. The van der Waals surface area contributed by atoms with Gasteiger partial charge in [0.1, 0.15) is 12.4 Å². The Morgan fingerprint density at radius 3 is 2.67 bits per heavy atom. The summed E-state index contributed by atoms with van der Waals surface area (Å²) in [7, 11) is 1.97. The van der Waals surface area contributed by atoms with E-state index in [0.717, 1.165) is 12.3 Å². The monoisotopic (exact) mass is 297 g/mol. The van der Waals surface area contributed by atoms with Crippen LogP contribution in [0.3, 0.4) is 0 Å². The molecule has 0 bridgehead atoms. The van der Waals surface area contributed by atoms with Gasteiger partial charge in [0.2, 0.25) is 0 Å². The molecule has 108 valence electrons. The van der Waals surface area contributed by atoms with Crippen molar-refractivity contribution in [2.24, 2.45) is 0 Å². The number of benzene rings is 2. The first-order chi connectivity index (χ1) is 10.3. The van der Waals surface area contributed by atoms with E-state index in [9.17, 15) is 0 Å². The van der Waals surface area contributed by atoms with E-state index in [2.05, 4.69) is 54.7 Å². The number of nitrogens with one attached hydrogen (secondary N) is 1. The highest BCUT2D eigenvalue weighted by molar-refractivity contribution is 7.12. The second-order valence-corrected chi connectivity index (χ2v) is 6.46.